The maximum Gasteiger partial charge on any atom is 0.0712 e. The van der Waals surface area contributed by atoms with Gasteiger partial charge in [-0.3, -0.25) is 0 Å². The van der Waals surface area contributed by atoms with Gasteiger partial charge in [0.1, 0.15) is 0 Å². The molecule has 0 rings (SSSR count). The van der Waals surface area contributed by atoms with E-state index >= 15 is 0 Å². The van der Waals surface area contributed by atoms with Gasteiger partial charge in [-0.05, 0) is 12.5 Å². The largest absolute Gasteiger partial charge is 0.380 e. The molecule has 0 aliphatic rings. The van der Waals surface area contributed by atoms with E-state index in [1.165, 1.54) is 0 Å². The van der Waals surface area contributed by atoms with Gasteiger partial charge >= 0.3 is 0 Å². The van der Waals surface area contributed by atoms with E-state index in [1.807, 2.05) is 13.0 Å². The zero-order valence-corrected chi connectivity index (χ0v) is 6.68. The molecular formula is C9H14O. The Morgan fingerprint density at radius 3 is 2.50 bits per heavy atom. The molecule has 0 atom stereocenters. The fourth-order valence-electron chi connectivity index (χ4n) is 0.643. The Balaban J connectivity index is 4.03. The number of allylic oxidation sites excluding steroid dienone is 2. The molecule has 10 heavy (non-hydrogen) atoms. The highest BCUT2D eigenvalue weighted by Crippen LogP contribution is 2.00. The predicted molar refractivity (Wildman–Crippen MR) is 45.0 cm³/mol. The van der Waals surface area contributed by atoms with Crippen molar-refractivity contribution in [3.63, 3.8) is 0 Å². The highest BCUT2D eigenvalue weighted by molar-refractivity contribution is 5.26. The number of ether oxygens (including phenoxy) is 1. The van der Waals surface area contributed by atoms with Crippen LogP contribution in [-0.2, 0) is 4.74 Å². The average Bonchev–Trinajstić information content (AvgIpc) is 1.86. The van der Waals surface area contributed by atoms with Crippen molar-refractivity contribution in [2.24, 2.45) is 0 Å². The van der Waals surface area contributed by atoms with Crippen LogP contribution in [0.5, 0.6) is 0 Å². The highest BCUT2D eigenvalue weighted by atomic mass is 16.5. The van der Waals surface area contributed by atoms with E-state index in [0.29, 0.717) is 6.61 Å². The van der Waals surface area contributed by atoms with E-state index in [0.717, 1.165) is 11.1 Å². The third kappa shape index (κ3) is 4.10. The molecule has 0 aromatic rings. The number of rotatable bonds is 4. The summed E-state index contributed by atoms with van der Waals surface area (Å²) in [6, 6.07) is 0. The number of hydrogen-bond acceptors (Lipinski definition) is 1. The van der Waals surface area contributed by atoms with Gasteiger partial charge in [-0.1, -0.05) is 30.9 Å². The second-order valence-electron chi connectivity index (χ2n) is 2.20. The summed E-state index contributed by atoms with van der Waals surface area (Å²) in [5, 5.41) is 0. The lowest BCUT2D eigenvalue weighted by molar-refractivity contribution is 0.228. The molecule has 0 aliphatic carbocycles. The quantitative estimate of drug-likeness (QED) is 0.542. The van der Waals surface area contributed by atoms with E-state index in [9.17, 15) is 0 Å². The van der Waals surface area contributed by atoms with Gasteiger partial charge < -0.3 is 4.74 Å². The Morgan fingerprint density at radius 1 is 1.60 bits per heavy atom. The Kier molecular flexibility index (Phi) is 4.59. The van der Waals surface area contributed by atoms with Gasteiger partial charge in [-0.25, -0.2) is 0 Å². The molecule has 0 unspecified atom stereocenters. The third-order valence-electron chi connectivity index (χ3n) is 1.00. The minimum atomic E-state index is 0.607. The third-order valence-corrected chi connectivity index (χ3v) is 1.00. The smallest absolute Gasteiger partial charge is 0.0712 e. The van der Waals surface area contributed by atoms with Crippen LogP contribution in [0.2, 0.25) is 0 Å². The van der Waals surface area contributed by atoms with Gasteiger partial charge in [0.25, 0.3) is 0 Å². The number of methoxy groups -OCH3 is 1. The lowest BCUT2D eigenvalue weighted by Gasteiger charge is -1.98. The topological polar surface area (TPSA) is 9.23 Å². The molecule has 0 heterocycles. The molecule has 56 valence electrons. The summed E-state index contributed by atoms with van der Waals surface area (Å²) >= 11 is 0. The number of hydrogen-bond donors (Lipinski definition) is 0. The summed E-state index contributed by atoms with van der Waals surface area (Å²) in [5.41, 5.74) is 2.09. The van der Waals surface area contributed by atoms with Gasteiger partial charge in [-0.15, -0.1) is 0 Å². The molecular weight excluding hydrogens is 124 g/mol. The fraction of sp³-hybridized carbons (Fsp3) is 0.333. The molecule has 1 nitrogen and oxygen atoms in total. The van der Waals surface area contributed by atoms with Crippen molar-refractivity contribution in [3.8, 4) is 0 Å². The maximum absolute atomic E-state index is 4.92. The van der Waals surface area contributed by atoms with E-state index in [4.69, 9.17) is 4.74 Å². The summed E-state index contributed by atoms with van der Waals surface area (Å²) in [6.07, 6.45) is 3.73. The van der Waals surface area contributed by atoms with Gasteiger partial charge in [0, 0.05) is 7.11 Å². The monoisotopic (exact) mass is 138 g/mol. The van der Waals surface area contributed by atoms with Crippen molar-refractivity contribution in [2.45, 2.75) is 6.92 Å². The van der Waals surface area contributed by atoms with Gasteiger partial charge in [0.2, 0.25) is 0 Å². The predicted octanol–water partition coefficient (Wildman–Crippen LogP) is 2.32. The average molecular weight is 138 g/mol. The molecule has 0 spiro atoms. The first-order chi connectivity index (χ1) is 4.70. The van der Waals surface area contributed by atoms with Gasteiger partial charge in [0.05, 0.1) is 6.61 Å². The fourth-order valence-corrected chi connectivity index (χ4v) is 0.643. The van der Waals surface area contributed by atoms with Crippen LogP contribution in [0.1, 0.15) is 6.92 Å². The first kappa shape index (κ1) is 9.18. The summed E-state index contributed by atoms with van der Waals surface area (Å²) in [5.74, 6) is 0. The highest BCUT2D eigenvalue weighted by Gasteiger charge is 1.88. The lowest BCUT2D eigenvalue weighted by Crippen LogP contribution is -1.90. The Morgan fingerprint density at radius 2 is 2.20 bits per heavy atom. The second-order valence-corrected chi connectivity index (χ2v) is 2.20. The van der Waals surface area contributed by atoms with Crippen molar-refractivity contribution in [3.05, 3.63) is 36.5 Å². The normalized spacial score (nSPS) is 11.2. The summed E-state index contributed by atoms with van der Waals surface area (Å²) in [7, 11) is 1.66. The molecule has 0 saturated carbocycles. The first-order valence-corrected chi connectivity index (χ1v) is 3.18. The van der Waals surface area contributed by atoms with Crippen LogP contribution in [0.4, 0.5) is 0 Å². The maximum atomic E-state index is 4.92. The summed E-state index contributed by atoms with van der Waals surface area (Å²) < 4.78 is 4.92. The molecule has 0 fully saturated rings. The standard InChI is InChI=1S/C9H14O/c1-5-9(7-10-4)6-8(2)3/h5-6H,1-2,7H2,3-4H3/b9-6+. The summed E-state index contributed by atoms with van der Waals surface area (Å²) in [6.45, 7) is 9.94. The zero-order valence-electron chi connectivity index (χ0n) is 6.68. The van der Waals surface area contributed by atoms with Crippen molar-refractivity contribution >= 4 is 0 Å². The van der Waals surface area contributed by atoms with Crippen LogP contribution in [0.3, 0.4) is 0 Å². The Labute approximate surface area is 62.7 Å². The summed E-state index contributed by atoms with van der Waals surface area (Å²) in [4.78, 5) is 0. The van der Waals surface area contributed by atoms with E-state index in [2.05, 4.69) is 13.2 Å². The van der Waals surface area contributed by atoms with E-state index in [1.54, 1.807) is 13.2 Å². The van der Waals surface area contributed by atoms with Crippen LogP contribution >= 0.6 is 0 Å². The molecule has 0 bridgehead atoms. The second kappa shape index (κ2) is 5.00. The molecule has 1 heteroatoms. The van der Waals surface area contributed by atoms with Crippen LogP contribution in [0, 0.1) is 0 Å². The van der Waals surface area contributed by atoms with Crippen molar-refractivity contribution in [2.75, 3.05) is 13.7 Å². The van der Waals surface area contributed by atoms with Crippen LogP contribution in [-0.4, -0.2) is 13.7 Å². The van der Waals surface area contributed by atoms with Crippen LogP contribution in [0.15, 0.2) is 36.5 Å². The molecule has 0 N–H and O–H groups in total. The van der Waals surface area contributed by atoms with Crippen molar-refractivity contribution < 1.29 is 4.74 Å². The zero-order chi connectivity index (χ0) is 7.98. The minimum absolute atomic E-state index is 0.607. The first-order valence-electron chi connectivity index (χ1n) is 3.18. The van der Waals surface area contributed by atoms with Crippen molar-refractivity contribution in [1.82, 2.24) is 0 Å². The van der Waals surface area contributed by atoms with Gasteiger partial charge in [-0.2, -0.15) is 0 Å². The minimum Gasteiger partial charge on any atom is -0.380 e. The van der Waals surface area contributed by atoms with Crippen molar-refractivity contribution in [1.29, 1.82) is 0 Å². The Hall–Kier alpha value is -0.820. The van der Waals surface area contributed by atoms with Crippen LogP contribution in [0.25, 0.3) is 0 Å². The van der Waals surface area contributed by atoms with Crippen LogP contribution < -0.4 is 0 Å². The van der Waals surface area contributed by atoms with E-state index in [-0.39, 0.29) is 0 Å². The lowest BCUT2D eigenvalue weighted by atomic mass is 10.2. The Bertz CT molecular complexity index is 154. The van der Waals surface area contributed by atoms with E-state index < -0.39 is 0 Å². The molecule has 0 saturated heterocycles. The molecule has 0 radical (unpaired) electrons. The molecule has 0 amide bonds. The van der Waals surface area contributed by atoms with Gasteiger partial charge in [0.15, 0.2) is 0 Å². The molecule has 0 aromatic carbocycles. The SMILES string of the molecule is C=C/C(=C\C(=C)C)COC. The molecule has 0 aromatic heterocycles. The molecule has 0 aliphatic heterocycles.